The topological polar surface area (TPSA) is 86.8 Å². The number of hydrogen-bond donors (Lipinski definition) is 2. The molecule has 7 heteroatoms. The van der Waals surface area contributed by atoms with Crippen LogP contribution in [0.15, 0.2) is 23.3 Å². The number of carbonyl (C=O) groups is 1. The summed E-state index contributed by atoms with van der Waals surface area (Å²) in [4.78, 5) is 25.5. The molecule has 3 N–H and O–H groups in total. The largest absolute Gasteiger partial charge is 0.369 e. The van der Waals surface area contributed by atoms with Gasteiger partial charge < -0.3 is 20.9 Å². The average molecular weight is 415 g/mol. The average Bonchev–Trinajstić information content (AvgIpc) is 3.25. The van der Waals surface area contributed by atoms with E-state index in [2.05, 4.69) is 45.0 Å². The van der Waals surface area contributed by atoms with Crippen molar-refractivity contribution in [1.82, 2.24) is 15.2 Å². The Morgan fingerprint density at radius 3 is 2.80 bits per heavy atom. The highest BCUT2D eigenvalue weighted by molar-refractivity contribution is 5.80. The summed E-state index contributed by atoms with van der Waals surface area (Å²) in [6.45, 7) is 8.97. The van der Waals surface area contributed by atoms with Gasteiger partial charge in [-0.1, -0.05) is 32.8 Å². The Morgan fingerprint density at radius 1 is 1.30 bits per heavy atom. The molecule has 166 valence electrons. The monoisotopic (exact) mass is 414 g/mol. The summed E-state index contributed by atoms with van der Waals surface area (Å²) in [5, 5.41) is 3.55. The number of nitrogens with one attached hydrogen (secondary N) is 1. The van der Waals surface area contributed by atoms with Gasteiger partial charge in [0.2, 0.25) is 5.91 Å². The second-order valence-corrected chi connectivity index (χ2v) is 8.65. The summed E-state index contributed by atoms with van der Waals surface area (Å²) in [5.41, 5.74) is 6.69. The molecule has 1 aromatic rings. The number of aromatic nitrogens is 1. The number of guanidine groups is 1. The molecule has 3 heterocycles. The predicted molar refractivity (Wildman–Crippen MR) is 122 cm³/mol. The number of aliphatic imine (C=N–C) groups is 1. The fraction of sp³-hybridized carbons (Fsp3) is 0.696. The number of amides is 1. The highest BCUT2D eigenvalue weighted by Gasteiger charge is 2.30. The minimum Gasteiger partial charge on any atom is -0.369 e. The van der Waals surface area contributed by atoms with E-state index in [1.165, 1.54) is 19.3 Å². The van der Waals surface area contributed by atoms with Gasteiger partial charge in [-0.2, -0.15) is 0 Å². The van der Waals surface area contributed by atoms with Gasteiger partial charge in [0, 0.05) is 51.5 Å². The van der Waals surface area contributed by atoms with Crippen LogP contribution in [0.2, 0.25) is 0 Å². The Bertz CT molecular complexity index is 732. The second kappa shape index (κ2) is 10.6. The molecule has 3 rings (SSSR count). The lowest BCUT2D eigenvalue weighted by Crippen LogP contribution is -2.43. The molecule has 0 aromatic carbocycles. The number of anilines is 1. The number of nitrogens with two attached hydrogens (primary N) is 1. The number of piperidine rings is 1. The molecule has 2 aliphatic rings. The van der Waals surface area contributed by atoms with Crippen LogP contribution in [0.3, 0.4) is 0 Å². The van der Waals surface area contributed by atoms with E-state index in [0.717, 1.165) is 61.7 Å². The van der Waals surface area contributed by atoms with Crippen LogP contribution in [0.25, 0.3) is 0 Å². The summed E-state index contributed by atoms with van der Waals surface area (Å²) in [5.74, 6) is 3.16. The van der Waals surface area contributed by atoms with E-state index in [9.17, 15) is 4.79 Å². The zero-order chi connectivity index (χ0) is 21.5. The Hall–Kier alpha value is -2.31. The standard InChI is InChI=1S/C23H38N6O/c1-4-17(5-2)19-10-13-29(15-19)23(25-3)27-14-18-8-6-11-26-22(18)28-12-7-9-20(16-28)21(24)30/h6,8,11,17,19-20H,4-5,7,9-10,12-16H2,1-3H3,(H2,24,30)(H,25,27). The van der Waals surface area contributed by atoms with Crippen LogP contribution >= 0.6 is 0 Å². The Balaban J connectivity index is 1.64. The van der Waals surface area contributed by atoms with Crippen molar-refractivity contribution >= 4 is 17.7 Å². The van der Waals surface area contributed by atoms with Gasteiger partial charge in [-0.25, -0.2) is 4.98 Å². The van der Waals surface area contributed by atoms with Crippen LogP contribution in [-0.4, -0.2) is 55.0 Å². The van der Waals surface area contributed by atoms with Crippen molar-refractivity contribution in [1.29, 1.82) is 0 Å². The lowest BCUT2D eigenvalue weighted by atomic mass is 9.87. The first kappa shape index (κ1) is 22.4. The van der Waals surface area contributed by atoms with Gasteiger partial charge in [0.05, 0.1) is 5.92 Å². The van der Waals surface area contributed by atoms with Gasteiger partial charge in [0.25, 0.3) is 0 Å². The smallest absolute Gasteiger partial charge is 0.222 e. The van der Waals surface area contributed by atoms with Crippen molar-refractivity contribution in [2.75, 3.05) is 38.1 Å². The third-order valence-electron chi connectivity index (χ3n) is 6.88. The number of pyridine rings is 1. The van der Waals surface area contributed by atoms with Crippen LogP contribution in [0.1, 0.15) is 51.5 Å². The Kier molecular flexibility index (Phi) is 7.94. The van der Waals surface area contributed by atoms with Crippen molar-refractivity contribution in [2.24, 2.45) is 28.5 Å². The molecular weight excluding hydrogens is 376 g/mol. The van der Waals surface area contributed by atoms with Crippen LogP contribution in [0.5, 0.6) is 0 Å². The van der Waals surface area contributed by atoms with Gasteiger partial charge >= 0.3 is 0 Å². The number of primary amides is 1. The summed E-state index contributed by atoms with van der Waals surface area (Å²) in [7, 11) is 1.86. The molecule has 0 aliphatic carbocycles. The fourth-order valence-corrected chi connectivity index (χ4v) is 5.08. The molecule has 2 unspecified atom stereocenters. The first-order chi connectivity index (χ1) is 14.6. The molecule has 0 spiro atoms. The van der Waals surface area contributed by atoms with Gasteiger partial charge in [-0.3, -0.25) is 9.79 Å². The third-order valence-corrected chi connectivity index (χ3v) is 6.88. The number of likely N-dealkylation sites (tertiary alicyclic amines) is 1. The van der Waals surface area contributed by atoms with Gasteiger partial charge in [0.1, 0.15) is 5.82 Å². The van der Waals surface area contributed by atoms with E-state index in [1.54, 1.807) is 0 Å². The molecule has 1 amide bonds. The molecule has 2 atom stereocenters. The maximum Gasteiger partial charge on any atom is 0.222 e. The van der Waals surface area contributed by atoms with Crippen LogP contribution in [-0.2, 0) is 11.3 Å². The maximum atomic E-state index is 11.7. The number of rotatable bonds is 7. The van der Waals surface area contributed by atoms with E-state index in [-0.39, 0.29) is 11.8 Å². The van der Waals surface area contributed by atoms with Gasteiger partial charge in [-0.05, 0) is 37.2 Å². The molecular formula is C23H38N6O. The van der Waals surface area contributed by atoms with Crippen LogP contribution in [0.4, 0.5) is 5.82 Å². The SMILES string of the molecule is CCC(CC)C1CCN(C(=NC)NCc2cccnc2N2CCCC(C(N)=O)C2)C1. The van der Waals surface area contributed by atoms with E-state index < -0.39 is 0 Å². The summed E-state index contributed by atoms with van der Waals surface area (Å²) >= 11 is 0. The number of carbonyl (C=O) groups excluding carboxylic acids is 1. The normalized spacial score (nSPS) is 22.6. The van der Waals surface area contributed by atoms with Crippen molar-refractivity contribution in [3.63, 3.8) is 0 Å². The lowest BCUT2D eigenvalue weighted by Gasteiger charge is -2.33. The molecule has 0 radical (unpaired) electrons. The highest BCUT2D eigenvalue weighted by atomic mass is 16.1. The zero-order valence-electron chi connectivity index (χ0n) is 18.8. The quantitative estimate of drug-likeness (QED) is 0.529. The number of hydrogen-bond acceptors (Lipinski definition) is 4. The Morgan fingerprint density at radius 2 is 2.10 bits per heavy atom. The van der Waals surface area contributed by atoms with Crippen LogP contribution < -0.4 is 16.0 Å². The number of nitrogens with zero attached hydrogens (tertiary/aromatic N) is 4. The van der Waals surface area contributed by atoms with E-state index in [0.29, 0.717) is 13.1 Å². The van der Waals surface area contributed by atoms with Crippen molar-refractivity contribution < 1.29 is 4.79 Å². The molecule has 1 aromatic heterocycles. The zero-order valence-corrected chi connectivity index (χ0v) is 18.8. The first-order valence-corrected chi connectivity index (χ1v) is 11.5. The molecule has 2 saturated heterocycles. The summed E-state index contributed by atoms with van der Waals surface area (Å²) < 4.78 is 0. The molecule has 30 heavy (non-hydrogen) atoms. The summed E-state index contributed by atoms with van der Waals surface area (Å²) in [6, 6.07) is 4.07. The molecule has 7 nitrogen and oxygen atoms in total. The predicted octanol–water partition coefficient (Wildman–Crippen LogP) is 2.62. The highest BCUT2D eigenvalue weighted by Crippen LogP contribution is 2.29. The minimum absolute atomic E-state index is 0.0964. The first-order valence-electron chi connectivity index (χ1n) is 11.5. The molecule has 2 fully saturated rings. The third kappa shape index (κ3) is 5.24. The van der Waals surface area contributed by atoms with Crippen LogP contribution in [0, 0.1) is 17.8 Å². The van der Waals surface area contributed by atoms with Crippen molar-refractivity contribution in [3.05, 3.63) is 23.9 Å². The fourth-order valence-electron chi connectivity index (χ4n) is 5.08. The second-order valence-electron chi connectivity index (χ2n) is 8.65. The Labute approximate surface area is 181 Å². The molecule has 0 saturated carbocycles. The molecule has 2 aliphatic heterocycles. The lowest BCUT2D eigenvalue weighted by molar-refractivity contribution is -0.122. The van der Waals surface area contributed by atoms with E-state index in [4.69, 9.17) is 5.73 Å². The minimum atomic E-state index is -0.211. The van der Waals surface area contributed by atoms with E-state index in [1.807, 2.05) is 19.3 Å². The van der Waals surface area contributed by atoms with E-state index >= 15 is 0 Å². The van der Waals surface area contributed by atoms with Crippen molar-refractivity contribution in [2.45, 2.75) is 52.5 Å². The van der Waals surface area contributed by atoms with Gasteiger partial charge in [-0.15, -0.1) is 0 Å². The molecule has 0 bridgehead atoms. The van der Waals surface area contributed by atoms with Crippen molar-refractivity contribution in [3.8, 4) is 0 Å². The maximum absolute atomic E-state index is 11.7. The van der Waals surface area contributed by atoms with Gasteiger partial charge in [0.15, 0.2) is 5.96 Å². The summed E-state index contributed by atoms with van der Waals surface area (Å²) in [6.07, 6.45) is 7.40.